The molecule has 0 spiro atoms. The third-order valence-corrected chi connectivity index (χ3v) is 6.36. The van der Waals surface area contributed by atoms with Gasteiger partial charge < -0.3 is 5.32 Å². The Morgan fingerprint density at radius 1 is 1.25 bits per heavy atom. The Kier molecular flexibility index (Phi) is 4.23. The molecular weight excluding hydrogens is 214 g/mol. The van der Waals surface area contributed by atoms with Crippen LogP contribution in [-0.2, 0) is 0 Å². The molecule has 1 saturated carbocycles. The SMILES string of the molecule is CNC(C1CCC(C)CC1)C1(C)CCCS1. The monoisotopic (exact) mass is 241 g/mol. The number of hydrogen-bond donors (Lipinski definition) is 1. The molecule has 2 atom stereocenters. The molecule has 0 aromatic heterocycles. The van der Waals surface area contributed by atoms with E-state index in [1.165, 1.54) is 44.3 Å². The summed E-state index contributed by atoms with van der Waals surface area (Å²) >= 11 is 2.21. The van der Waals surface area contributed by atoms with Gasteiger partial charge in [-0.05, 0) is 57.2 Å². The van der Waals surface area contributed by atoms with Crippen LogP contribution >= 0.6 is 11.8 Å². The largest absolute Gasteiger partial charge is 0.315 e. The zero-order chi connectivity index (χ0) is 11.6. The quantitative estimate of drug-likeness (QED) is 0.809. The van der Waals surface area contributed by atoms with Gasteiger partial charge >= 0.3 is 0 Å². The molecule has 1 heterocycles. The molecule has 1 nitrogen and oxygen atoms in total. The Morgan fingerprint density at radius 2 is 1.94 bits per heavy atom. The van der Waals surface area contributed by atoms with Gasteiger partial charge in [-0.2, -0.15) is 11.8 Å². The lowest BCUT2D eigenvalue weighted by atomic mass is 9.75. The lowest BCUT2D eigenvalue weighted by molar-refractivity contribution is 0.208. The van der Waals surface area contributed by atoms with E-state index >= 15 is 0 Å². The van der Waals surface area contributed by atoms with E-state index < -0.39 is 0 Å². The molecule has 0 bridgehead atoms. The number of thioether (sulfide) groups is 1. The highest BCUT2D eigenvalue weighted by molar-refractivity contribution is 8.00. The fraction of sp³-hybridized carbons (Fsp3) is 1.00. The predicted molar refractivity (Wildman–Crippen MR) is 74.1 cm³/mol. The molecule has 0 radical (unpaired) electrons. The molecule has 2 heteroatoms. The molecule has 2 unspecified atom stereocenters. The average molecular weight is 241 g/mol. The molecule has 94 valence electrons. The van der Waals surface area contributed by atoms with Crippen LogP contribution in [0.25, 0.3) is 0 Å². The molecule has 2 fully saturated rings. The highest BCUT2D eigenvalue weighted by Gasteiger charge is 2.41. The predicted octanol–water partition coefficient (Wildman–Crippen LogP) is 3.69. The van der Waals surface area contributed by atoms with E-state index in [4.69, 9.17) is 0 Å². The minimum absolute atomic E-state index is 0.514. The molecule has 0 amide bonds. The van der Waals surface area contributed by atoms with Gasteiger partial charge in [-0.1, -0.05) is 19.8 Å². The van der Waals surface area contributed by atoms with E-state index in [2.05, 4.69) is 38.0 Å². The van der Waals surface area contributed by atoms with Crippen LogP contribution in [0, 0.1) is 11.8 Å². The van der Waals surface area contributed by atoms with E-state index in [1.807, 2.05) is 0 Å². The highest BCUT2D eigenvalue weighted by Crippen LogP contribution is 2.45. The summed E-state index contributed by atoms with van der Waals surface area (Å²) in [6, 6.07) is 0.743. The van der Waals surface area contributed by atoms with Gasteiger partial charge in [0.15, 0.2) is 0 Å². The maximum Gasteiger partial charge on any atom is 0.0287 e. The van der Waals surface area contributed by atoms with Crippen LogP contribution in [0.15, 0.2) is 0 Å². The normalized spacial score (nSPS) is 42.2. The van der Waals surface area contributed by atoms with Crippen LogP contribution in [0.2, 0.25) is 0 Å². The molecule has 2 aliphatic rings. The first-order valence-electron chi connectivity index (χ1n) is 6.97. The van der Waals surface area contributed by atoms with E-state index in [0.717, 1.165) is 17.9 Å². The van der Waals surface area contributed by atoms with Crippen molar-refractivity contribution in [1.29, 1.82) is 0 Å². The Labute approximate surface area is 105 Å². The summed E-state index contributed by atoms with van der Waals surface area (Å²) in [4.78, 5) is 0. The summed E-state index contributed by atoms with van der Waals surface area (Å²) in [6.07, 6.45) is 8.62. The Bertz CT molecular complexity index is 215. The summed E-state index contributed by atoms with van der Waals surface area (Å²) in [7, 11) is 2.17. The van der Waals surface area contributed by atoms with Crippen molar-refractivity contribution in [3.63, 3.8) is 0 Å². The first-order chi connectivity index (χ1) is 7.65. The topological polar surface area (TPSA) is 12.0 Å². The van der Waals surface area contributed by atoms with Gasteiger partial charge in [0, 0.05) is 10.8 Å². The second kappa shape index (κ2) is 5.30. The van der Waals surface area contributed by atoms with E-state index in [9.17, 15) is 0 Å². The van der Waals surface area contributed by atoms with Crippen LogP contribution in [-0.4, -0.2) is 23.6 Å². The molecule has 1 aliphatic heterocycles. The van der Waals surface area contributed by atoms with Crippen molar-refractivity contribution >= 4 is 11.8 Å². The van der Waals surface area contributed by atoms with Crippen LogP contribution in [0.1, 0.15) is 52.4 Å². The Hall–Kier alpha value is 0.310. The van der Waals surface area contributed by atoms with Gasteiger partial charge in [0.05, 0.1) is 0 Å². The number of hydrogen-bond acceptors (Lipinski definition) is 2. The van der Waals surface area contributed by atoms with E-state index in [0.29, 0.717) is 4.75 Å². The Balaban J connectivity index is 1.99. The lowest BCUT2D eigenvalue weighted by Crippen LogP contribution is -2.49. The fourth-order valence-corrected chi connectivity index (χ4v) is 5.24. The van der Waals surface area contributed by atoms with Crippen LogP contribution < -0.4 is 5.32 Å². The molecule has 0 aromatic rings. The first-order valence-corrected chi connectivity index (χ1v) is 7.95. The van der Waals surface area contributed by atoms with Crippen LogP contribution in [0.4, 0.5) is 0 Å². The molecule has 2 rings (SSSR count). The fourth-order valence-electron chi connectivity index (χ4n) is 3.70. The molecule has 16 heavy (non-hydrogen) atoms. The molecule has 0 aromatic carbocycles. The van der Waals surface area contributed by atoms with Gasteiger partial charge in [-0.25, -0.2) is 0 Å². The van der Waals surface area contributed by atoms with E-state index in [-0.39, 0.29) is 0 Å². The van der Waals surface area contributed by atoms with Crippen LogP contribution in [0.5, 0.6) is 0 Å². The minimum Gasteiger partial charge on any atom is -0.315 e. The van der Waals surface area contributed by atoms with Gasteiger partial charge in [-0.3, -0.25) is 0 Å². The smallest absolute Gasteiger partial charge is 0.0287 e. The standard InChI is InChI=1S/C14H27NS/c1-11-5-7-12(8-6-11)13(15-3)14(2)9-4-10-16-14/h11-13,15H,4-10H2,1-3H3. The summed E-state index contributed by atoms with van der Waals surface area (Å²) in [5, 5.41) is 3.65. The zero-order valence-corrected chi connectivity index (χ0v) is 11.9. The summed E-state index contributed by atoms with van der Waals surface area (Å²) < 4.78 is 0.514. The second-order valence-electron chi connectivity index (χ2n) is 6.05. The molecular formula is C14H27NS. The van der Waals surface area contributed by atoms with Gasteiger partial charge in [0.1, 0.15) is 0 Å². The minimum atomic E-state index is 0.514. The van der Waals surface area contributed by atoms with Gasteiger partial charge in [0.25, 0.3) is 0 Å². The number of rotatable bonds is 3. The van der Waals surface area contributed by atoms with Crippen molar-refractivity contribution < 1.29 is 0 Å². The van der Waals surface area contributed by atoms with Crippen LogP contribution in [0.3, 0.4) is 0 Å². The second-order valence-corrected chi connectivity index (χ2v) is 7.68. The van der Waals surface area contributed by atoms with Crippen molar-refractivity contribution in [2.24, 2.45) is 11.8 Å². The maximum atomic E-state index is 3.65. The third kappa shape index (κ3) is 2.59. The van der Waals surface area contributed by atoms with E-state index in [1.54, 1.807) is 0 Å². The zero-order valence-electron chi connectivity index (χ0n) is 11.1. The summed E-state index contributed by atoms with van der Waals surface area (Å²) in [5.41, 5.74) is 0. The van der Waals surface area contributed by atoms with Gasteiger partial charge in [-0.15, -0.1) is 0 Å². The first kappa shape index (κ1) is 12.8. The van der Waals surface area contributed by atoms with Crippen molar-refractivity contribution in [3.05, 3.63) is 0 Å². The van der Waals surface area contributed by atoms with Crippen molar-refractivity contribution in [3.8, 4) is 0 Å². The summed E-state index contributed by atoms with van der Waals surface area (Å²) in [6.45, 7) is 4.90. The van der Waals surface area contributed by atoms with Crippen molar-refractivity contribution in [1.82, 2.24) is 5.32 Å². The highest BCUT2D eigenvalue weighted by atomic mass is 32.2. The van der Waals surface area contributed by atoms with Crippen molar-refractivity contribution in [2.75, 3.05) is 12.8 Å². The average Bonchev–Trinajstić information content (AvgIpc) is 2.70. The molecule has 1 aliphatic carbocycles. The maximum absolute atomic E-state index is 3.65. The molecule has 1 saturated heterocycles. The third-order valence-electron chi connectivity index (χ3n) is 4.75. The van der Waals surface area contributed by atoms with Crippen molar-refractivity contribution in [2.45, 2.75) is 63.2 Å². The molecule has 1 N–H and O–H groups in total. The summed E-state index contributed by atoms with van der Waals surface area (Å²) in [5.74, 6) is 3.27. The lowest BCUT2D eigenvalue weighted by Gasteiger charge is -2.41. The van der Waals surface area contributed by atoms with Gasteiger partial charge in [0.2, 0.25) is 0 Å². The Morgan fingerprint density at radius 3 is 2.44 bits per heavy atom. The number of nitrogens with one attached hydrogen (secondary N) is 1.